The number of nitrogens with zero attached hydrogens (tertiary/aromatic N) is 2. The maximum absolute atomic E-state index is 10.6. The fourth-order valence-corrected chi connectivity index (χ4v) is 2.26. The van der Waals surface area contributed by atoms with Crippen LogP contribution in [-0.2, 0) is 11.3 Å². The monoisotopic (exact) mass is 434 g/mol. The molecule has 0 spiro atoms. The minimum Gasteiger partial charge on any atom is -0.475 e. The highest BCUT2D eigenvalue weighted by molar-refractivity contribution is 9.10. The van der Waals surface area contributed by atoms with Crippen molar-refractivity contribution in [1.29, 1.82) is 0 Å². The van der Waals surface area contributed by atoms with Crippen molar-refractivity contribution in [3.05, 3.63) is 46.8 Å². The Morgan fingerprint density at radius 1 is 1.42 bits per heavy atom. The zero-order valence-corrected chi connectivity index (χ0v) is 14.9. The fraction of sp³-hybridized carbons (Fsp3) is 0.267. The topological polar surface area (TPSA) is 104 Å². The van der Waals surface area contributed by atoms with Gasteiger partial charge in [-0.15, -0.1) is 0 Å². The smallest absolute Gasteiger partial charge is 0.475 e. The van der Waals surface area contributed by atoms with Crippen molar-refractivity contribution in [2.45, 2.75) is 25.7 Å². The molecule has 26 heavy (non-hydrogen) atoms. The molecule has 3 heterocycles. The predicted octanol–water partition coefficient (Wildman–Crippen LogP) is 3.80. The van der Waals surface area contributed by atoms with Crippen LogP contribution in [0.5, 0.6) is 0 Å². The second-order valence-corrected chi connectivity index (χ2v) is 6.09. The molecule has 140 valence electrons. The highest BCUT2D eigenvalue weighted by atomic mass is 79.9. The van der Waals surface area contributed by atoms with Gasteiger partial charge in [-0.3, -0.25) is 0 Å². The summed E-state index contributed by atoms with van der Waals surface area (Å²) < 4.78 is 38.4. The van der Waals surface area contributed by atoms with E-state index in [1.807, 2.05) is 18.3 Å². The summed E-state index contributed by atoms with van der Waals surface area (Å²) in [5.74, 6) is -1.89. The van der Waals surface area contributed by atoms with Crippen LogP contribution in [0.4, 0.5) is 13.2 Å². The number of halogens is 4. The molecule has 0 aromatic carbocycles. The molecule has 0 aliphatic heterocycles. The number of alkyl halides is 3. The molecule has 11 heteroatoms. The third-order valence-electron chi connectivity index (χ3n) is 3.20. The van der Waals surface area contributed by atoms with Crippen LogP contribution < -0.4 is 5.32 Å². The summed E-state index contributed by atoms with van der Waals surface area (Å²) in [6.45, 7) is 2.72. The maximum Gasteiger partial charge on any atom is 0.490 e. The van der Waals surface area contributed by atoms with Gasteiger partial charge in [0, 0.05) is 28.3 Å². The van der Waals surface area contributed by atoms with Gasteiger partial charge in [0.15, 0.2) is 0 Å². The van der Waals surface area contributed by atoms with E-state index in [2.05, 4.69) is 43.1 Å². The highest BCUT2D eigenvalue weighted by Gasteiger charge is 2.38. The lowest BCUT2D eigenvalue weighted by atomic mass is 10.2. The fourth-order valence-electron chi connectivity index (χ4n) is 1.91. The quantitative estimate of drug-likeness (QED) is 0.576. The average Bonchev–Trinajstić information content (AvgIpc) is 3.21. The number of hydrogen-bond donors (Lipinski definition) is 3. The van der Waals surface area contributed by atoms with Gasteiger partial charge in [0.05, 0.1) is 18.6 Å². The summed E-state index contributed by atoms with van der Waals surface area (Å²) in [6.07, 6.45) is 0.140. The van der Waals surface area contributed by atoms with E-state index in [1.165, 1.54) is 0 Å². The summed E-state index contributed by atoms with van der Waals surface area (Å²) >= 11 is 3.40. The highest BCUT2D eigenvalue weighted by Crippen LogP contribution is 2.21. The van der Waals surface area contributed by atoms with Crippen LogP contribution in [0.3, 0.4) is 0 Å². The van der Waals surface area contributed by atoms with Crippen LogP contribution in [0.1, 0.15) is 24.4 Å². The van der Waals surface area contributed by atoms with Gasteiger partial charge in [0.2, 0.25) is 5.71 Å². The molecule has 3 aromatic heterocycles. The Balaban J connectivity index is 0.000000298. The third kappa shape index (κ3) is 5.56. The van der Waals surface area contributed by atoms with Gasteiger partial charge in [-0.1, -0.05) is 0 Å². The summed E-state index contributed by atoms with van der Waals surface area (Å²) in [4.78, 5) is 20.2. The number of H-pyrrole nitrogens is 1. The molecule has 7 nitrogen and oxygen atoms in total. The second kappa shape index (κ2) is 8.32. The minimum atomic E-state index is -5.08. The second-order valence-electron chi connectivity index (χ2n) is 5.17. The molecule has 0 saturated carbocycles. The Hall–Kier alpha value is -2.40. The van der Waals surface area contributed by atoms with E-state index in [0.717, 1.165) is 21.3 Å². The summed E-state index contributed by atoms with van der Waals surface area (Å²) in [5, 5.41) is 11.5. The average molecular weight is 435 g/mol. The lowest BCUT2D eigenvalue weighted by Gasteiger charge is -2.09. The van der Waals surface area contributed by atoms with Crippen LogP contribution in [-0.4, -0.2) is 32.2 Å². The zero-order valence-electron chi connectivity index (χ0n) is 13.3. The number of hydrogen-bond acceptors (Lipinski definition) is 5. The number of aliphatic carboxylic acids is 1. The Labute approximate surface area is 153 Å². The Morgan fingerprint density at radius 2 is 2.12 bits per heavy atom. The number of furan rings is 1. The third-order valence-corrected chi connectivity index (χ3v) is 3.63. The van der Waals surface area contributed by atoms with Crippen LogP contribution in [0.15, 0.2) is 39.7 Å². The molecule has 0 saturated heterocycles. The van der Waals surface area contributed by atoms with Gasteiger partial charge in [-0.25, -0.2) is 14.8 Å². The first-order valence-corrected chi connectivity index (χ1v) is 8.02. The SMILES string of the molecule is CC(NCc1cc2cc(Br)cnc2o1)c1cnc[nH]1.O=C(O)C(F)(F)F. The first-order valence-electron chi connectivity index (χ1n) is 7.22. The maximum atomic E-state index is 10.6. The normalized spacial score (nSPS) is 12.5. The number of nitrogens with one attached hydrogen (secondary N) is 2. The molecule has 0 amide bonds. The van der Waals surface area contributed by atoms with Crippen LogP contribution in [0.25, 0.3) is 11.1 Å². The largest absolute Gasteiger partial charge is 0.490 e. The molecule has 0 aliphatic rings. The van der Waals surface area contributed by atoms with E-state index >= 15 is 0 Å². The van der Waals surface area contributed by atoms with Gasteiger partial charge in [-0.2, -0.15) is 13.2 Å². The van der Waals surface area contributed by atoms with Gasteiger partial charge < -0.3 is 19.8 Å². The first kappa shape index (κ1) is 19.9. The molecule has 1 unspecified atom stereocenters. The predicted molar refractivity (Wildman–Crippen MR) is 89.2 cm³/mol. The van der Waals surface area contributed by atoms with Crippen molar-refractivity contribution in [1.82, 2.24) is 20.3 Å². The number of rotatable bonds is 4. The van der Waals surface area contributed by atoms with Crippen molar-refractivity contribution < 1.29 is 27.5 Å². The summed E-state index contributed by atoms with van der Waals surface area (Å²) in [7, 11) is 0. The van der Waals surface area contributed by atoms with Crippen molar-refractivity contribution >= 4 is 33.0 Å². The van der Waals surface area contributed by atoms with E-state index in [9.17, 15) is 13.2 Å². The number of carboxylic acids is 1. The van der Waals surface area contributed by atoms with Crippen molar-refractivity contribution in [3.63, 3.8) is 0 Å². The number of fused-ring (bicyclic) bond motifs is 1. The van der Waals surface area contributed by atoms with E-state index in [-0.39, 0.29) is 6.04 Å². The van der Waals surface area contributed by atoms with Crippen LogP contribution >= 0.6 is 15.9 Å². The summed E-state index contributed by atoms with van der Waals surface area (Å²) in [5.41, 5.74) is 1.71. The molecular weight excluding hydrogens is 421 g/mol. The van der Waals surface area contributed by atoms with E-state index in [4.69, 9.17) is 14.3 Å². The number of pyridine rings is 1. The molecule has 3 rings (SSSR count). The summed E-state index contributed by atoms with van der Waals surface area (Å²) in [6, 6.07) is 4.18. The molecule has 0 radical (unpaired) electrons. The molecule has 3 aromatic rings. The molecule has 0 aliphatic carbocycles. The van der Waals surface area contributed by atoms with Gasteiger partial charge in [-0.05, 0) is 35.0 Å². The van der Waals surface area contributed by atoms with Gasteiger partial charge in [0.25, 0.3) is 0 Å². The lowest BCUT2D eigenvalue weighted by Crippen LogP contribution is -2.21. The molecular formula is C15H14BrF3N4O3. The number of imidazole rings is 1. The van der Waals surface area contributed by atoms with E-state index in [0.29, 0.717) is 12.3 Å². The van der Waals surface area contributed by atoms with Crippen LogP contribution in [0.2, 0.25) is 0 Å². The first-order chi connectivity index (χ1) is 12.2. The molecule has 0 bridgehead atoms. The zero-order chi connectivity index (χ0) is 19.3. The van der Waals surface area contributed by atoms with E-state index < -0.39 is 12.1 Å². The Morgan fingerprint density at radius 3 is 2.69 bits per heavy atom. The minimum absolute atomic E-state index is 0.190. The van der Waals surface area contributed by atoms with E-state index in [1.54, 1.807) is 12.5 Å². The molecule has 1 atom stereocenters. The van der Waals surface area contributed by atoms with Crippen molar-refractivity contribution in [3.8, 4) is 0 Å². The van der Waals surface area contributed by atoms with Crippen molar-refractivity contribution in [2.24, 2.45) is 0 Å². The number of aromatic amines is 1. The van der Waals surface area contributed by atoms with Gasteiger partial charge >= 0.3 is 12.1 Å². The van der Waals surface area contributed by atoms with Gasteiger partial charge in [0.1, 0.15) is 5.76 Å². The number of carbonyl (C=O) groups is 1. The molecule has 0 fully saturated rings. The lowest BCUT2D eigenvalue weighted by molar-refractivity contribution is -0.192. The number of aromatic nitrogens is 3. The Kier molecular flexibility index (Phi) is 6.37. The standard InChI is InChI=1S/C13H13BrN4O.C2HF3O2/c1-8(12-6-15-7-18-12)16-5-11-3-9-2-10(14)4-17-13(9)19-11;3-2(4,5)1(6)7/h2-4,6-8,16H,5H2,1H3,(H,15,18);(H,6,7). The Bertz CT molecular complexity index is 865. The molecule has 3 N–H and O–H groups in total. The number of carboxylic acid groups (broad SMARTS) is 1. The van der Waals surface area contributed by atoms with Crippen molar-refractivity contribution in [2.75, 3.05) is 0 Å². The van der Waals surface area contributed by atoms with Crippen LogP contribution in [0, 0.1) is 0 Å².